The number of rotatable bonds is 6. The molecule has 11 rings (SSSR count). The molecule has 0 saturated carbocycles. The van der Waals surface area contributed by atoms with Gasteiger partial charge in [0.1, 0.15) is 0 Å². The predicted molar refractivity (Wildman–Crippen MR) is 237 cm³/mol. The number of hydrogen-bond acceptors (Lipinski definition) is 5. The van der Waals surface area contributed by atoms with E-state index in [1.54, 1.807) is 0 Å². The number of aromatic nitrogens is 3. The van der Waals surface area contributed by atoms with Crippen LogP contribution in [0.15, 0.2) is 188 Å². The van der Waals surface area contributed by atoms with Crippen molar-refractivity contribution in [3.63, 3.8) is 0 Å². The van der Waals surface area contributed by atoms with Crippen molar-refractivity contribution >= 4 is 0 Å². The number of benzene rings is 8. The first-order chi connectivity index (χ1) is 29.0. The van der Waals surface area contributed by atoms with E-state index in [1.807, 2.05) is 30.3 Å². The molecule has 8 aromatic carbocycles. The molecule has 1 aromatic heterocycles. The van der Waals surface area contributed by atoms with Gasteiger partial charge in [-0.1, -0.05) is 190 Å². The Hall–Kier alpha value is -7.63. The Labute approximate surface area is 343 Å². The van der Waals surface area contributed by atoms with Crippen molar-refractivity contribution in [3.05, 3.63) is 199 Å². The lowest BCUT2D eigenvalue weighted by Crippen LogP contribution is -2.15. The molecule has 0 saturated heterocycles. The van der Waals surface area contributed by atoms with E-state index < -0.39 is 0 Å². The summed E-state index contributed by atoms with van der Waals surface area (Å²) < 4.78 is 13.5. The van der Waals surface area contributed by atoms with Gasteiger partial charge >= 0.3 is 0 Å². The van der Waals surface area contributed by atoms with Crippen LogP contribution in [0.2, 0.25) is 0 Å². The van der Waals surface area contributed by atoms with Crippen molar-refractivity contribution in [2.45, 2.75) is 19.3 Å². The SMILES string of the molecule is CC1(C)c2ccccc2-c2c1ccc1c2Oc2cccc(-c3ccc(-c4nc(-c5ccc(-c6ccccc6)cc5)nc(-c5ccc(-c6ccccc6)cc5)n4)cc3)c2O1. The minimum atomic E-state index is -0.131. The fourth-order valence-corrected chi connectivity index (χ4v) is 8.52. The lowest BCUT2D eigenvalue weighted by molar-refractivity contribution is 0.361. The van der Waals surface area contributed by atoms with E-state index in [9.17, 15) is 0 Å². The van der Waals surface area contributed by atoms with E-state index in [1.165, 1.54) is 16.7 Å². The number of ether oxygens (including phenoxy) is 2. The van der Waals surface area contributed by atoms with Gasteiger partial charge in [-0.3, -0.25) is 0 Å². The summed E-state index contributed by atoms with van der Waals surface area (Å²) >= 11 is 0. The Kier molecular flexibility index (Phi) is 8.09. The largest absolute Gasteiger partial charge is 0.449 e. The van der Waals surface area contributed by atoms with Crippen molar-refractivity contribution in [1.29, 1.82) is 0 Å². The quantitative estimate of drug-likeness (QED) is 0.169. The second-order valence-electron chi connectivity index (χ2n) is 15.6. The molecule has 0 atom stereocenters. The van der Waals surface area contributed by atoms with Crippen LogP contribution in [0.1, 0.15) is 25.0 Å². The maximum atomic E-state index is 6.75. The molecule has 1 aliphatic heterocycles. The first kappa shape index (κ1) is 34.6. The highest BCUT2D eigenvalue weighted by Crippen LogP contribution is 2.59. The van der Waals surface area contributed by atoms with Gasteiger partial charge in [0.05, 0.1) is 0 Å². The predicted octanol–water partition coefficient (Wildman–Crippen LogP) is 14.1. The van der Waals surface area contributed by atoms with Crippen LogP contribution in [-0.2, 0) is 5.41 Å². The van der Waals surface area contributed by atoms with Crippen molar-refractivity contribution in [2.24, 2.45) is 0 Å². The van der Waals surface area contributed by atoms with Crippen LogP contribution < -0.4 is 9.47 Å². The molecule has 59 heavy (non-hydrogen) atoms. The molecule has 0 unspecified atom stereocenters. The Bertz CT molecular complexity index is 2930. The molecule has 2 aliphatic rings. The average molecular weight is 760 g/mol. The molecule has 0 bridgehead atoms. The number of fused-ring (bicyclic) bond motifs is 6. The topological polar surface area (TPSA) is 57.1 Å². The van der Waals surface area contributed by atoms with Gasteiger partial charge in [-0.05, 0) is 56.6 Å². The number of hydrogen-bond donors (Lipinski definition) is 0. The zero-order chi connectivity index (χ0) is 39.5. The third-order valence-electron chi connectivity index (χ3n) is 11.7. The summed E-state index contributed by atoms with van der Waals surface area (Å²) in [6.45, 7) is 4.54. The minimum absolute atomic E-state index is 0.131. The van der Waals surface area contributed by atoms with Gasteiger partial charge in [0.15, 0.2) is 40.5 Å². The summed E-state index contributed by atoms with van der Waals surface area (Å²) in [7, 11) is 0. The lowest BCUT2D eigenvalue weighted by Gasteiger charge is -2.26. The van der Waals surface area contributed by atoms with E-state index in [4.69, 9.17) is 24.4 Å². The third kappa shape index (κ3) is 5.98. The first-order valence-corrected chi connectivity index (χ1v) is 19.9. The average Bonchev–Trinajstić information content (AvgIpc) is 3.54. The fraction of sp³-hybridized carbons (Fsp3) is 0.0556. The molecule has 2 heterocycles. The monoisotopic (exact) mass is 759 g/mol. The minimum Gasteiger partial charge on any atom is -0.449 e. The molecule has 0 amide bonds. The summed E-state index contributed by atoms with van der Waals surface area (Å²) in [5.74, 6) is 4.69. The Morgan fingerprint density at radius 3 is 1.31 bits per heavy atom. The van der Waals surface area contributed by atoms with Gasteiger partial charge in [0.25, 0.3) is 0 Å². The van der Waals surface area contributed by atoms with Crippen molar-refractivity contribution in [3.8, 4) is 102 Å². The molecule has 280 valence electrons. The zero-order valence-corrected chi connectivity index (χ0v) is 32.6. The molecule has 1 aliphatic carbocycles. The van der Waals surface area contributed by atoms with Gasteiger partial charge in [0, 0.05) is 33.2 Å². The van der Waals surface area contributed by atoms with Gasteiger partial charge < -0.3 is 9.47 Å². The third-order valence-corrected chi connectivity index (χ3v) is 11.7. The Balaban J connectivity index is 0.946. The smallest absolute Gasteiger partial charge is 0.178 e. The van der Waals surface area contributed by atoms with Gasteiger partial charge in [-0.15, -0.1) is 0 Å². The molecular weight excluding hydrogens is 723 g/mol. The van der Waals surface area contributed by atoms with Crippen LogP contribution in [0.4, 0.5) is 0 Å². The lowest BCUT2D eigenvalue weighted by atomic mass is 9.82. The summed E-state index contributed by atoms with van der Waals surface area (Å²) in [5, 5.41) is 0. The molecular formula is C54H37N3O2. The van der Waals surface area contributed by atoms with E-state index in [0.717, 1.165) is 61.4 Å². The Morgan fingerprint density at radius 1 is 0.322 bits per heavy atom. The first-order valence-electron chi connectivity index (χ1n) is 19.9. The highest BCUT2D eigenvalue weighted by Gasteiger charge is 2.39. The van der Waals surface area contributed by atoms with Gasteiger partial charge in [0.2, 0.25) is 0 Å². The van der Waals surface area contributed by atoms with Crippen LogP contribution in [0.3, 0.4) is 0 Å². The standard InChI is InChI=1S/C54H37N3O2/c1-54(2)44-18-10-9-16-43(44)48-45(54)32-33-47-50(48)59-46-19-11-17-42(49(46)58-47)38-24-30-41(31-25-38)53-56-51(39-26-20-36(21-27-39)34-12-5-3-6-13-34)55-52(57-53)40-28-22-37(23-29-40)35-14-7-4-8-15-35/h3-33H,1-2H3. The number of nitrogens with zero attached hydrogens (tertiary/aromatic N) is 3. The van der Waals surface area contributed by atoms with E-state index in [0.29, 0.717) is 34.7 Å². The zero-order valence-electron chi connectivity index (χ0n) is 32.6. The molecule has 0 N–H and O–H groups in total. The van der Waals surface area contributed by atoms with Crippen molar-refractivity contribution in [1.82, 2.24) is 15.0 Å². The number of para-hydroxylation sites is 1. The fourth-order valence-electron chi connectivity index (χ4n) is 8.52. The van der Waals surface area contributed by atoms with Crippen LogP contribution >= 0.6 is 0 Å². The molecule has 5 heteroatoms. The summed E-state index contributed by atoms with van der Waals surface area (Å²) in [6, 6.07) is 64.8. The second-order valence-corrected chi connectivity index (χ2v) is 15.6. The normalized spacial score (nSPS) is 13.0. The van der Waals surface area contributed by atoms with E-state index >= 15 is 0 Å². The van der Waals surface area contributed by atoms with Crippen LogP contribution in [0, 0.1) is 0 Å². The van der Waals surface area contributed by atoms with E-state index in [-0.39, 0.29) is 5.41 Å². The molecule has 0 radical (unpaired) electrons. The van der Waals surface area contributed by atoms with E-state index in [2.05, 4.69) is 172 Å². The van der Waals surface area contributed by atoms with Crippen LogP contribution in [0.25, 0.3) is 78.7 Å². The van der Waals surface area contributed by atoms with Crippen LogP contribution in [0.5, 0.6) is 23.0 Å². The maximum absolute atomic E-state index is 6.75. The Morgan fingerprint density at radius 2 is 0.746 bits per heavy atom. The molecule has 0 spiro atoms. The van der Waals surface area contributed by atoms with Gasteiger partial charge in [-0.25, -0.2) is 15.0 Å². The highest BCUT2D eigenvalue weighted by atomic mass is 16.6. The highest BCUT2D eigenvalue weighted by molar-refractivity contribution is 5.89. The molecule has 9 aromatic rings. The maximum Gasteiger partial charge on any atom is 0.178 e. The molecule has 5 nitrogen and oxygen atoms in total. The summed E-state index contributed by atoms with van der Waals surface area (Å²) in [6.07, 6.45) is 0. The van der Waals surface area contributed by atoms with Crippen LogP contribution in [-0.4, -0.2) is 15.0 Å². The molecule has 0 fully saturated rings. The summed E-state index contributed by atoms with van der Waals surface area (Å²) in [5.41, 5.74) is 13.9. The second kappa shape index (κ2) is 13.8. The van der Waals surface area contributed by atoms with Gasteiger partial charge in [-0.2, -0.15) is 0 Å². The van der Waals surface area contributed by atoms with Crippen molar-refractivity contribution < 1.29 is 9.47 Å². The van der Waals surface area contributed by atoms with Crippen molar-refractivity contribution in [2.75, 3.05) is 0 Å². The summed E-state index contributed by atoms with van der Waals surface area (Å²) in [4.78, 5) is 15.1.